The third-order valence-electron chi connectivity index (χ3n) is 5.11. The average molecular weight is 346 g/mol. The number of fused-ring (bicyclic) bond motifs is 1. The monoisotopic (exact) mass is 346 g/mol. The van der Waals surface area contributed by atoms with Gasteiger partial charge in [0.25, 0.3) is 5.56 Å². The van der Waals surface area contributed by atoms with Gasteiger partial charge in [0.15, 0.2) is 0 Å². The zero-order chi connectivity index (χ0) is 18.0. The molecule has 1 aliphatic heterocycles. The summed E-state index contributed by atoms with van der Waals surface area (Å²) in [6.45, 7) is 7.22. The highest BCUT2D eigenvalue weighted by Crippen LogP contribution is 2.26. The first kappa shape index (κ1) is 18.0. The van der Waals surface area contributed by atoms with Gasteiger partial charge in [-0.2, -0.15) is 0 Å². The molecule has 0 radical (unpaired) electrons. The minimum absolute atomic E-state index is 0.101. The van der Waals surface area contributed by atoms with Crippen LogP contribution in [0.15, 0.2) is 23.0 Å². The minimum Gasteiger partial charge on any atom is -0.313 e. The van der Waals surface area contributed by atoms with E-state index in [-0.39, 0.29) is 11.6 Å². The molecular formula is C19H27FN4O. The minimum atomic E-state index is -0.406. The quantitative estimate of drug-likeness (QED) is 0.925. The summed E-state index contributed by atoms with van der Waals surface area (Å²) in [6.07, 6.45) is 3.04. The summed E-state index contributed by atoms with van der Waals surface area (Å²) in [5.41, 5.74) is 0.392. The molecule has 1 fully saturated rings. The fourth-order valence-electron chi connectivity index (χ4n) is 3.65. The summed E-state index contributed by atoms with van der Waals surface area (Å²) in [5, 5.41) is 3.85. The summed E-state index contributed by atoms with van der Waals surface area (Å²) in [6, 6.07) is 4.85. The number of hydrogen-bond acceptors (Lipinski definition) is 4. The second-order valence-electron chi connectivity index (χ2n) is 6.98. The van der Waals surface area contributed by atoms with E-state index < -0.39 is 5.82 Å². The van der Waals surface area contributed by atoms with Gasteiger partial charge in [0.1, 0.15) is 11.6 Å². The summed E-state index contributed by atoms with van der Waals surface area (Å²) in [5.74, 6) is 0.373. The molecule has 6 heteroatoms. The maximum Gasteiger partial charge on any atom is 0.261 e. The van der Waals surface area contributed by atoms with Crippen molar-refractivity contribution in [3.8, 4) is 0 Å². The maximum atomic E-state index is 13.5. The van der Waals surface area contributed by atoms with Crippen LogP contribution in [-0.4, -0.2) is 40.1 Å². The number of halogens is 1. The summed E-state index contributed by atoms with van der Waals surface area (Å²) in [7, 11) is 1.75. The second kappa shape index (κ2) is 7.62. The SMILES string of the molecule is CCC[C@H](c1nc2ccc(F)cc2c(=O)n1C)N1CCNC(C)CC1. The molecule has 1 aromatic carbocycles. The number of rotatable bonds is 4. The van der Waals surface area contributed by atoms with Crippen LogP contribution in [0.25, 0.3) is 10.9 Å². The van der Waals surface area contributed by atoms with E-state index in [2.05, 4.69) is 24.1 Å². The van der Waals surface area contributed by atoms with Crippen molar-refractivity contribution in [2.24, 2.45) is 7.05 Å². The average Bonchev–Trinajstić information content (AvgIpc) is 2.81. The van der Waals surface area contributed by atoms with Crippen molar-refractivity contribution in [3.05, 3.63) is 40.2 Å². The lowest BCUT2D eigenvalue weighted by Crippen LogP contribution is -2.36. The predicted molar refractivity (Wildman–Crippen MR) is 98.2 cm³/mol. The zero-order valence-corrected chi connectivity index (χ0v) is 15.3. The molecule has 1 unspecified atom stereocenters. The van der Waals surface area contributed by atoms with E-state index in [1.807, 2.05) is 0 Å². The molecule has 1 aliphatic rings. The topological polar surface area (TPSA) is 50.2 Å². The molecule has 0 aliphatic carbocycles. The Hall–Kier alpha value is -1.79. The Balaban J connectivity index is 2.05. The van der Waals surface area contributed by atoms with E-state index in [1.54, 1.807) is 17.7 Å². The molecule has 2 atom stereocenters. The first-order valence-corrected chi connectivity index (χ1v) is 9.15. The van der Waals surface area contributed by atoms with Gasteiger partial charge in [0.2, 0.25) is 0 Å². The van der Waals surface area contributed by atoms with Gasteiger partial charge in [-0.05, 0) is 38.0 Å². The molecule has 0 saturated carbocycles. The van der Waals surface area contributed by atoms with E-state index in [1.165, 1.54) is 12.1 Å². The molecule has 5 nitrogen and oxygen atoms in total. The first-order valence-electron chi connectivity index (χ1n) is 9.15. The number of nitrogens with zero attached hydrogens (tertiary/aromatic N) is 3. The van der Waals surface area contributed by atoms with E-state index in [4.69, 9.17) is 4.98 Å². The van der Waals surface area contributed by atoms with Crippen molar-refractivity contribution in [2.75, 3.05) is 19.6 Å². The lowest BCUT2D eigenvalue weighted by atomic mass is 10.1. The van der Waals surface area contributed by atoms with Crippen molar-refractivity contribution in [3.63, 3.8) is 0 Å². The standard InChI is InChI=1S/C19H27FN4O/c1-4-5-17(24-10-8-13(2)21-9-11-24)18-22-16-7-6-14(20)12-15(16)19(25)23(18)3/h6-7,12-13,17,21H,4-5,8-11H2,1-3H3/t13?,17-/m1/s1. The van der Waals surface area contributed by atoms with Crippen LogP contribution in [-0.2, 0) is 7.05 Å². The lowest BCUT2D eigenvalue weighted by molar-refractivity contribution is 0.186. The van der Waals surface area contributed by atoms with E-state index in [9.17, 15) is 9.18 Å². The van der Waals surface area contributed by atoms with Crippen LogP contribution >= 0.6 is 0 Å². The summed E-state index contributed by atoms with van der Waals surface area (Å²) >= 11 is 0. The number of benzene rings is 1. The van der Waals surface area contributed by atoms with Crippen molar-refractivity contribution in [2.45, 2.75) is 45.2 Å². The molecule has 0 spiro atoms. The Morgan fingerprint density at radius 3 is 2.96 bits per heavy atom. The van der Waals surface area contributed by atoms with E-state index in [0.29, 0.717) is 16.9 Å². The van der Waals surface area contributed by atoms with Crippen LogP contribution in [0.5, 0.6) is 0 Å². The van der Waals surface area contributed by atoms with Crippen molar-refractivity contribution < 1.29 is 4.39 Å². The molecule has 0 bridgehead atoms. The lowest BCUT2D eigenvalue weighted by Gasteiger charge is -2.31. The van der Waals surface area contributed by atoms with Crippen LogP contribution in [0, 0.1) is 5.82 Å². The smallest absolute Gasteiger partial charge is 0.261 e. The van der Waals surface area contributed by atoms with Crippen LogP contribution < -0.4 is 10.9 Å². The van der Waals surface area contributed by atoms with Gasteiger partial charge in [-0.25, -0.2) is 9.37 Å². The van der Waals surface area contributed by atoms with E-state index in [0.717, 1.165) is 44.7 Å². The Morgan fingerprint density at radius 1 is 1.40 bits per heavy atom. The Kier molecular flexibility index (Phi) is 5.49. The molecule has 136 valence electrons. The third kappa shape index (κ3) is 3.75. The highest BCUT2D eigenvalue weighted by Gasteiger charge is 2.26. The molecule has 2 heterocycles. The summed E-state index contributed by atoms with van der Waals surface area (Å²) < 4.78 is 15.1. The predicted octanol–water partition coefficient (Wildman–Crippen LogP) is 2.60. The van der Waals surface area contributed by atoms with Crippen LogP contribution in [0.1, 0.15) is 45.0 Å². The molecule has 1 aromatic heterocycles. The van der Waals surface area contributed by atoms with Gasteiger partial charge >= 0.3 is 0 Å². The molecule has 2 aromatic rings. The maximum absolute atomic E-state index is 13.5. The van der Waals surface area contributed by atoms with Gasteiger partial charge in [-0.3, -0.25) is 14.3 Å². The first-order chi connectivity index (χ1) is 12.0. The largest absolute Gasteiger partial charge is 0.313 e. The Labute approximate surface area is 147 Å². The number of nitrogens with one attached hydrogen (secondary N) is 1. The fraction of sp³-hybridized carbons (Fsp3) is 0.579. The van der Waals surface area contributed by atoms with Gasteiger partial charge in [-0.1, -0.05) is 13.3 Å². The third-order valence-corrected chi connectivity index (χ3v) is 5.11. The van der Waals surface area contributed by atoms with Crippen LogP contribution in [0.3, 0.4) is 0 Å². The molecular weight excluding hydrogens is 319 g/mol. The van der Waals surface area contributed by atoms with Gasteiger partial charge in [0.05, 0.1) is 16.9 Å². The highest BCUT2D eigenvalue weighted by molar-refractivity contribution is 5.77. The summed E-state index contributed by atoms with van der Waals surface area (Å²) in [4.78, 5) is 19.9. The fourth-order valence-corrected chi connectivity index (χ4v) is 3.65. The van der Waals surface area contributed by atoms with Crippen LogP contribution in [0.4, 0.5) is 4.39 Å². The molecule has 1 N–H and O–H groups in total. The zero-order valence-electron chi connectivity index (χ0n) is 15.3. The normalized spacial score (nSPS) is 20.6. The molecule has 0 amide bonds. The molecule has 3 rings (SSSR count). The van der Waals surface area contributed by atoms with Gasteiger partial charge in [-0.15, -0.1) is 0 Å². The van der Waals surface area contributed by atoms with Gasteiger partial charge in [0, 0.05) is 32.7 Å². The Bertz CT molecular complexity index is 804. The van der Waals surface area contributed by atoms with E-state index >= 15 is 0 Å². The van der Waals surface area contributed by atoms with Crippen molar-refractivity contribution in [1.29, 1.82) is 0 Å². The molecule has 25 heavy (non-hydrogen) atoms. The number of hydrogen-bond donors (Lipinski definition) is 1. The van der Waals surface area contributed by atoms with Crippen molar-refractivity contribution in [1.82, 2.24) is 19.8 Å². The second-order valence-corrected chi connectivity index (χ2v) is 6.98. The number of aromatic nitrogens is 2. The van der Waals surface area contributed by atoms with Crippen molar-refractivity contribution >= 4 is 10.9 Å². The Morgan fingerprint density at radius 2 is 2.20 bits per heavy atom. The highest BCUT2D eigenvalue weighted by atomic mass is 19.1. The van der Waals surface area contributed by atoms with Gasteiger partial charge < -0.3 is 5.32 Å². The molecule has 1 saturated heterocycles. The van der Waals surface area contributed by atoms with Crippen LogP contribution in [0.2, 0.25) is 0 Å².